The number of ether oxygens (including phenoxy) is 2. The predicted octanol–water partition coefficient (Wildman–Crippen LogP) is 1.37. The first kappa shape index (κ1) is 13.2. The van der Waals surface area contributed by atoms with Crippen LogP contribution in [0.3, 0.4) is 0 Å². The van der Waals surface area contributed by atoms with E-state index in [0.29, 0.717) is 24.5 Å². The highest BCUT2D eigenvalue weighted by atomic mass is 16.5. The largest absolute Gasteiger partial charge is 0.491 e. The summed E-state index contributed by atoms with van der Waals surface area (Å²) in [4.78, 5) is 20.6. The van der Waals surface area contributed by atoms with Gasteiger partial charge in [0.15, 0.2) is 0 Å². The fourth-order valence-corrected chi connectivity index (χ4v) is 1.12. The van der Waals surface area contributed by atoms with Crippen molar-refractivity contribution in [3.05, 3.63) is 29.8 Å². The highest BCUT2D eigenvalue weighted by Crippen LogP contribution is 2.10. The molecule has 0 aliphatic carbocycles. The van der Waals surface area contributed by atoms with Gasteiger partial charge in [-0.2, -0.15) is 0 Å². The van der Waals surface area contributed by atoms with Crippen LogP contribution in [0.25, 0.3) is 0 Å². The summed E-state index contributed by atoms with van der Waals surface area (Å²) in [5, 5.41) is 8.36. The van der Waals surface area contributed by atoms with E-state index in [2.05, 4.69) is 0 Å². The Morgan fingerprint density at radius 2 is 1.88 bits per heavy atom. The van der Waals surface area contributed by atoms with Crippen molar-refractivity contribution in [2.24, 2.45) is 0 Å². The third kappa shape index (κ3) is 5.67. The van der Waals surface area contributed by atoms with E-state index in [4.69, 9.17) is 14.6 Å². The van der Waals surface area contributed by atoms with Crippen molar-refractivity contribution in [3.63, 3.8) is 0 Å². The number of hydrogen-bond acceptors (Lipinski definition) is 4. The molecule has 1 N–H and O–H groups in total. The maximum Gasteiger partial charge on any atom is 0.305 e. The van der Waals surface area contributed by atoms with Crippen LogP contribution in [0.2, 0.25) is 0 Å². The van der Waals surface area contributed by atoms with E-state index in [1.807, 2.05) is 0 Å². The number of hydrogen-bond donors (Lipinski definition) is 1. The van der Waals surface area contributed by atoms with Gasteiger partial charge in [0.25, 0.3) is 0 Å². The van der Waals surface area contributed by atoms with Crippen molar-refractivity contribution in [1.29, 1.82) is 0 Å². The van der Waals surface area contributed by atoms with Crippen LogP contribution in [0.15, 0.2) is 24.3 Å². The number of carbonyl (C=O) groups excluding carboxylic acids is 1. The van der Waals surface area contributed by atoms with Crippen molar-refractivity contribution in [2.45, 2.75) is 6.42 Å². The molecule has 0 atom stereocenters. The Hall–Kier alpha value is -1.88. The first-order chi connectivity index (χ1) is 8.22. The summed E-state index contributed by atoms with van der Waals surface area (Å²) in [6, 6.07) is 6.71. The van der Waals surface area contributed by atoms with Crippen LogP contribution in [0.4, 0.5) is 0 Å². The standard InChI is InChI=1S/C12H14O5/c13-9-10-1-3-11(4-2-10)17-8-7-16-6-5-12(14)15/h1-4,9H,5-8H2,(H,14,15). The number of carboxylic acid groups (broad SMARTS) is 1. The fraction of sp³-hybridized carbons (Fsp3) is 0.333. The van der Waals surface area contributed by atoms with E-state index in [1.54, 1.807) is 24.3 Å². The molecule has 0 spiro atoms. The molecule has 0 aromatic heterocycles. The van der Waals surface area contributed by atoms with Crippen LogP contribution in [-0.2, 0) is 9.53 Å². The van der Waals surface area contributed by atoms with Gasteiger partial charge in [-0.25, -0.2) is 0 Å². The lowest BCUT2D eigenvalue weighted by Gasteiger charge is -2.06. The SMILES string of the molecule is O=Cc1ccc(OCCOCCC(=O)O)cc1. The van der Waals surface area contributed by atoms with Crippen LogP contribution in [0.1, 0.15) is 16.8 Å². The number of aldehydes is 1. The van der Waals surface area contributed by atoms with Gasteiger partial charge in [0.2, 0.25) is 0 Å². The molecular weight excluding hydrogens is 224 g/mol. The van der Waals surface area contributed by atoms with E-state index < -0.39 is 5.97 Å². The highest BCUT2D eigenvalue weighted by Gasteiger charge is 1.97. The topological polar surface area (TPSA) is 72.8 Å². The smallest absolute Gasteiger partial charge is 0.305 e. The molecule has 92 valence electrons. The van der Waals surface area contributed by atoms with Gasteiger partial charge in [-0.3, -0.25) is 9.59 Å². The second kappa shape index (κ2) is 7.40. The van der Waals surface area contributed by atoms with E-state index >= 15 is 0 Å². The monoisotopic (exact) mass is 238 g/mol. The Balaban J connectivity index is 2.13. The van der Waals surface area contributed by atoms with E-state index in [9.17, 15) is 9.59 Å². The lowest BCUT2D eigenvalue weighted by atomic mass is 10.2. The van der Waals surface area contributed by atoms with Crippen LogP contribution in [0, 0.1) is 0 Å². The summed E-state index contributed by atoms with van der Waals surface area (Å²) in [6.45, 7) is 0.867. The third-order valence-electron chi connectivity index (χ3n) is 1.97. The average molecular weight is 238 g/mol. The van der Waals surface area contributed by atoms with Crippen molar-refractivity contribution in [3.8, 4) is 5.75 Å². The van der Waals surface area contributed by atoms with Crippen LogP contribution >= 0.6 is 0 Å². The first-order valence-electron chi connectivity index (χ1n) is 5.20. The molecule has 1 aromatic carbocycles. The number of aliphatic carboxylic acids is 1. The summed E-state index contributed by atoms with van der Waals surface area (Å²) in [5.74, 6) is -0.229. The van der Waals surface area contributed by atoms with Gasteiger partial charge in [-0.1, -0.05) is 0 Å². The molecule has 5 nitrogen and oxygen atoms in total. The van der Waals surface area contributed by atoms with Crippen LogP contribution < -0.4 is 4.74 Å². The maximum absolute atomic E-state index is 10.4. The van der Waals surface area contributed by atoms with Gasteiger partial charge in [0.05, 0.1) is 19.6 Å². The van der Waals surface area contributed by atoms with Gasteiger partial charge >= 0.3 is 5.97 Å². The summed E-state index contributed by atoms with van der Waals surface area (Å²) >= 11 is 0. The maximum atomic E-state index is 10.4. The van der Waals surface area contributed by atoms with Crippen molar-refractivity contribution >= 4 is 12.3 Å². The molecule has 0 amide bonds. The molecular formula is C12H14O5. The summed E-state index contributed by atoms with van der Waals surface area (Å²) < 4.78 is 10.4. The lowest BCUT2D eigenvalue weighted by Crippen LogP contribution is -2.09. The molecule has 0 fully saturated rings. The Morgan fingerprint density at radius 3 is 2.47 bits per heavy atom. The molecule has 1 aromatic rings. The van der Waals surface area contributed by atoms with Crippen molar-refractivity contribution in [2.75, 3.05) is 19.8 Å². The number of carbonyl (C=O) groups is 2. The minimum atomic E-state index is -0.879. The van der Waals surface area contributed by atoms with Crippen molar-refractivity contribution < 1.29 is 24.2 Å². The van der Waals surface area contributed by atoms with Gasteiger partial charge < -0.3 is 14.6 Å². The molecule has 0 unspecified atom stereocenters. The Bertz CT molecular complexity index is 358. The summed E-state index contributed by atoms with van der Waals surface area (Å²) in [5.41, 5.74) is 0.593. The molecule has 0 bridgehead atoms. The molecule has 0 radical (unpaired) electrons. The second-order valence-corrected chi connectivity index (χ2v) is 3.29. The number of rotatable bonds is 8. The quantitative estimate of drug-likeness (QED) is 0.547. The third-order valence-corrected chi connectivity index (χ3v) is 1.97. The van der Waals surface area contributed by atoms with E-state index in [0.717, 1.165) is 6.29 Å². The molecule has 0 aliphatic rings. The van der Waals surface area contributed by atoms with E-state index in [-0.39, 0.29) is 13.0 Å². The van der Waals surface area contributed by atoms with Crippen LogP contribution in [0.5, 0.6) is 5.75 Å². The molecule has 0 saturated heterocycles. The normalized spacial score (nSPS) is 9.88. The summed E-state index contributed by atoms with van der Waals surface area (Å²) in [7, 11) is 0. The zero-order chi connectivity index (χ0) is 12.5. The molecule has 0 heterocycles. The Labute approximate surface area is 99.0 Å². The zero-order valence-corrected chi connectivity index (χ0v) is 9.30. The zero-order valence-electron chi connectivity index (χ0n) is 9.30. The lowest BCUT2D eigenvalue weighted by molar-refractivity contribution is -0.138. The average Bonchev–Trinajstić information content (AvgIpc) is 2.34. The van der Waals surface area contributed by atoms with Gasteiger partial charge in [-0.05, 0) is 24.3 Å². The highest BCUT2D eigenvalue weighted by molar-refractivity contribution is 5.74. The number of benzene rings is 1. The van der Waals surface area contributed by atoms with E-state index in [1.165, 1.54) is 0 Å². The second-order valence-electron chi connectivity index (χ2n) is 3.29. The fourth-order valence-electron chi connectivity index (χ4n) is 1.12. The predicted molar refractivity (Wildman–Crippen MR) is 60.4 cm³/mol. The summed E-state index contributed by atoms with van der Waals surface area (Å²) in [6.07, 6.45) is 0.757. The Kier molecular flexibility index (Phi) is 5.74. The van der Waals surface area contributed by atoms with Gasteiger partial charge in [-0.15, -0.1) is 0 Å². The molecule has 1 rings (SSSR count). The number of carboxylic acids is 1. The molecule has 0 aliphatic heterocycles. The molecule has 5 heteroatoms. The molecule has 0 saturated carbocycles. The Morgan fingerprint density at radius 1 is 1.18 bits per heavy atom. The van der Waals surface area contributed by atoms with Crippen LogP contribution in [-0.4, -0.2) is 37.2 Å². The minimum Gasteiger partial charge on any atom is -0.491 e. The first-order valence-corrected chi connectivity index (χ1v) is 5.20. The minimum absolute atomic E-state index is 0.00592. The molecule has 17 heavy (non-hydrogen) atoms. The van der Waals surface area contributed by atoms with Gasteiger partial charge in [0.1, 0.15) is 18.6 Å². The van der Waals surface area contributed by atoms with Gasteiger partial charge in [0, 0.05) is 5.56 Å². The van der Waals surface area contributed by atoms with Crippen molar-refractivity contribution in [1.82, 2.24) is 0 Å².